The highest BCUT2D eigenvalue weighted by Crippen LogP contribution is 2.44. The Balaban J connectivity index is 2.30. The maximum atomic E-state index is 12.5. The summed E-state index contributed by atoms with van der Waals surface area (Å²) in [6, 6.07) is 9.09. The molecule has 0 aliphatic heterocycles. The zero-order valence-electron chi connectivity index (χ0n) is 21.9. The minimum Gasteiger partial charge on any atom is -0.466 e. The molecule has 2 rings (SSSR count). The zero-order chi connectivity index (χ0) is 24.8. The standard InChI is InChI=1S/C29H42O3S/c1-9-29(10-2,23-14-12-22(20(4)18-23)13-17-27(31)32-11-3)26-19-21(5)24(33-26)15-16-25(30)28(6,7)8/h12,14,18-19H,9-11,13,15-17H2,1-8H3. The summed E-state index contributed by atoms with van der Waals surface area (Å²) >= 11 is 1.88. The third-order valence-electron chi connectivity index (χ3n) is 6.91. The van der Waals surface area contributed by atoms with E-state index in [9.17, 15) is 9.59 Å². The van der Waals surface area contributed by atoms with Crippen LogP contribution in [0.25, 0.3) is 0 Å². The zero-order valence-corrected chi connectivity index (χ0v) is 22.7. The molecule has 1 heterocycles. The lowest BCUT2D eigenvalue weighted by atomic mass is 9.73. The van der Waals surface area contributed by atoms with Crippen LogP contribution in [0.5, 0.6) is 0 Å². The molecule has 182 valence electrons. The van der Waals surface area contributed by atoms with Gasteiger partial charge in [0, 0.05) is 33.4 Å². The Bertz CT molecular complexity index is 958. The molecule has 2 aromatic rings. The van der Waals surface area contributed by atoms with Gasteiger partial charge in [-0.05, 0) is 74.8 Å². The van der Waals surface area contributed by atoms with Gasteiger partial charge < -0.3 is 4.74 Å². The average Bonchev–Trinajstić information content (AvgIpc) is 3.13. The van der Waals surface area contributed by atoms with Crippen LogP contribution in [0.1, 0.15) is 99.2 Å². The number of rotatable bonds is 11. The number of hydrogen-bond donors (Lipinski definition) is 0. The summed E-state index contributed by atoms with van der Waals surface area (Å²) < 4.78 is 5.08. The topological polar surface area (TPSA) is 43.4 Å². The lowest BCUT2D eigenvalue weighted by Gasteiger charge is -2.32. The normalized spacial score (nSPS) is 12.1. The largest absolute Gasteiger partial charge is 0.466 e. The minimum atomic E-state index is -0.281. The number of carbonyl (C=O) groups is 2. The molecule has 3 nitrogen and oxygen atoms in total. The Morgan fingerprint density at radius 2 is 1.58 bits per heavy atom. The number of esters is 1. The molecular formula is C29H42O3S. The summed E-state index contributed by atoms with van der Waals surface area (Å²) in [7, 11) is 0. The van der Waals surface area contributed by atoms with Crippen LogP contribution in [0.2, 0.25) is 0 Å². The maximum Gasteiger partial charge on any atom is 0.306 e. The molecule has 0 fully saturated rings. The van der Waals surface area contributed by atoms with Crippen molar-refractivity contribution in [1.29, 1.82) is 0 Å². The van der Waals surface area contributed by atoms with E-state index in [-0.39, 0.29) is 16.8 Å². The molecule has 0 spiro atoms. The van der Waals surface area contributed by atoms with Crippen molar-refractivity contribution in [3.63, 3.8) is 0 Å². The lowest BCUT2D eigenvalue weighted by molar-refractivity contribution is -0.143. The molecule has 0 amide bonds. The first-order valence-corrected chi connectivity index (χ1v) is 13.2. The number of ketones is 1. The van der Waals surface area contributed by atoms with Crippen LogP contribution >= 0.6 is 11.3 Å². The van der Waals surface area contributed by atoms with Crippen LogP contribution in [0.3, 0.4) is 0 Å². The Morgan fingerprint density at radius 3 is 2.12 bits per heavy atom. The van der Waals surface area contributed by atoms with E-state index in [0.717, 1.165) is 19.3 Å². The Kier molecular flexibility index (Phi) is 9.48. The highest BCUT2D eigenvalue weighted by atomic mass is 32.1. The summed E-state index contributed by atoms with van der Waals surface area (Å²) in [4.78, 5) is 27.0. The molecule has 33 heavy (non-hydrogen) atoms. The number of carbonyl (C=O) groups excluding carboxylic acids is 2. The predicted molar refractivity (Wildman–Crippen MR) is 139 cm³/mol. The van der Waals surface area contributed by atoms with Crippen LogP contribution in [0.4, 0.5) is 0 Å². The van der Waals surface area contributed by atoms with Crippen LogP contribution in [-0.2, 0) is 32.6 Å². The van der Waals surface area contributed by atoms with Gasteiger partial charge in [0.2, 0.25) is 0 Å². The van der Waals surface area contributed by atoms with Gasteiger partial charge in [-0.25, -0.2) is 0 Å². The molecule has 0 radical (unpaired) electrons. The Morgan fingerprint density at radius 1 is 0.909 bits per heavy atom. The van der Waals surface area contributed by atoms with E-state index in [1.165, 1.54) is 32.0 Å². The molecule has 1 aromatic heterocycles. The summed E-state index contributed by atoms with van der Waals surface area (Å²) in [5.74, 6) is 0.187. The number of aryl methyl sites for hydroxylation is 4. The van der Waals surface area contributed by atoms with Crippen molar-refractivity contribution >= 4 is 23.1 Å². The Hall–Kier alpha value is -1.94. The van der Waals surface area contributed by atoms with Crippen LogP contribution in [0.15, 0.2) is 24.3 Å². The van der Waals surface area contributed by atoms with Gasteiger partial charge in [-0.3, -0.25) is 9.59 Å². The van der Waals surface area contributed by atoms with Crippen LogP contribution in [-0.4, -0.2) is 18.4 Å². The van der Waals surface area contributed by atoms with E-state index >= 15 is 0 Å². The second-order valence-electron chi connectivity index (χ2n) is 10.1. The lowest BCUT2D eigenvalue weighted by Crippen LogP contribution is -2.25. The van der Waals surface area contributed by atoms with Crippen molar-refractivity contribution in [3.05, 3.63) is 56.3 Å². The molecule has 4 heteroatoms. The fourth-order valence-corrected chi connectivity index (χ4v) is 6.03. The molecule has 0 saturated carbocycles. The van der Waals surface area contributed by atoms with Crippen LogP contribution in [0, 0.1) is 19.3 Å². The first kappa shape index (κ1) is 27.3. The third kappa shape index (κ3) is 6.56. The quantitative estimate of drug-likeness (QED) is 0.319. The van der Waals surface area contributed by atoms with Crippen LogP contribution < -0.4 is 0 Å². The van der Waals surface area contributed by atoms with Crippen molar-refractivity contribution in [2.75, 3.05) is 6.61 Å². The van der Waals surface area contributed by atoms with Gasteiger partial charge in [-0.2, -0.15) is 0 Å². The molecule has 0 unspecified atom stereocenters. The van der Waals surface area contributed by atoms with Crippen molar-refractivity contribution in [2.24, 2.45) is 5.41 Å². The summed E-state index contributed by atoms with van der Waals surface area (Å²) in [6.45, 7) is 17.1. The van der Waals surface area contributed by atoms with Gasteiger partial charge in [0.1, 0.15) is 5.78 Å². The highest BCUT2D eigenvalue weighted by Gasteiger charge is 2.33. The SMILES string of the molecule is CCOC(=O)CCc1ccc(C(CC)(CC)c2cc(C)c(CCC(=O)C(C)(C)C)s2)cc1C. The smallest absolute Gasteiger partial charge is 0.306 e. The molecule has 0 N–H and O–H groups in total. The van der Waals surface area contributed by atoms with Gasteiger partial charge in [-0.15, -0.1) is 11.3 Å². The monoisotopic (exact) mass is 470 g/mol. The minimum absolute atomic E-state index is 0.0356. The second kappa shape index (κ2) is 11.5. The van der Waals surface area contributed by atoms with Gasteiger partial charge in [-0.1, -0.05) is 52.8 Å². The molecule has 0 saturated heterocycles. The number of hydrogen-bond acceptors (Lipinski definition) is 4. The van der Waals surface area contributed by atoms with E-state index in [1.54, 1.807) is 0 Å². The molecule has 1 aromatic carbocycles. The first-order chi connectivity index (χ1) is 15.5. The summed E-state index contributed by atoms with van der Waals surface area (Å²) in [5.41, 5.74) is 4.75. The van der Waals surface area contributed by atoms with Crippen molar-refractivity contribution < 1.29 is 14.3 Å². The van der Waals surface area contributed by atoms with Gasteiger partial charge in [0.25, 0.3) is 0 Å². The first-order valence-electron chi connectivity index (χ1n) is 12.4. The second-order valence-corrected chi connectivity index (χ2v) is 11.3. The number of Topliss-reactive ketones (excluding diaryl/α,β-unsaturated/α-hetero) is 1. The number of ether oxygens (including phenoxy) is 1. The molecule has 0 atom stereocenters. The van der Waals surface area contributed by atoms with E-state index in [0.29, 0.717) is 31.7 Å². The third-order valence-corrected chi connectivity index (χ3v) is 8.41. The van der Waals surface area contributed by atoms with Crippen molar-refractivity contribution in [2.45, 2.75) is 99.3 Å². The van der Waals surface area contributed by atoms with Crippen molar-refractivity contribution in [1.82, 2.24) is 0 Å². The number of benzene rings is 1. The average molecular weight is 471 g/mol. The fraction of sp³-hybridized carbons (Fsp3) is 0.586. The number of thiophene rings is 1. The molecule has 0 aliphatic carbocycles. The maximum absolute atomic E-state index is 12.5. The van der Waals surface area contributed by atoms with Gasteiger partial charge in [0.05, 0.1) is 6.61 Å². The van der Waals surface area contributed by atoms with E-state index in [4.69, 9.17) is 4.74 Å². The van der Waals surface area contributed by atoms with Gasteiger partial charge in [0.15, 0.2) is 0 Å². The summed E-state index contributed by atoms with van der Waals surface area (Å²) in [6.07, 6.45) is 4.59. The summed E-state index contributed by atoms with van der Waals surface area (Å²) in [5, 5.41) is 0. The van der Waals surface area contributed by atoms with Gasteiger partial charge >= 0.3 is 5.97 Å². The van der Waals surface area contributed by atoms with Crippen molar-refractivity contribution in [3.8, 4) is 0 Å². The van der Waals surface area contributed by atoms with E-state index < -0.39 is 0 Å². The fourth-order valence-electron chi connectivity index (χ4n) is 4.50. The predicted octanol–water partition coefficient (Wildman–Crippen LogP) is 7.51. The highest BCUT2D eigenvalue weighted by molar-refractivity contribution is 7.12. The van der Waals surface area contributed by atoms with E-state index in [1.807, 2.05) is 39.0 Å². The Labute approximate surface area is 204 Å². The molecule has 0 bridgehead atoms. The molecule has 0 aliphatic rings. The molecular weight excluding hydrogens is 428 g/mol. The van der Waals surface area contributed by atoms with E-state index in [2.05, 4.69) is 52.0 Å².